The van der Waals surface area contributed by atoms with Gasteiger partial charge in [0.1, 0.15) is 0 Å². The van der Waals surface area contributed by atoms with Gasteiger partial charge in [-0.25, -0.2) is 4.85 Å². The summed E-state index contributed by atoms with van der Waals surface area (Å²) in [5, 5.41) is 20.9. The number of rotatable bonds is 1. The molecule has 0 saturated heterocycles. The molecule has 7 atom stereocenters. The van der Waals surface area contributed by atoms with Crippen LogP contribution < -0.4 is 0 Å². The van der Waals surface area contributed by atoms with Crippen LogP contribution in [0.1, 0.15) is 65.7 Å². The van der Waals surface area contributed by atoms with E-state index in [1.165, 1.54) is 24.0 Å². The Morgan fingerprint density at radius 1 is 1.19 bits per heavy atom. The molecule has 3 saturated carbocycles. The van der Waals surface area contributed by atoms with Gasteiger partial charge in [-0.3, -0.25) is 0 Å². The lowest BCUT2D eigenvalue weighted by atomic mass is 9.44. The minimum atomic E-state index is -0.668. The predicted molar refractivity (Wildman–Crippen MR) is 103 cm³/mol. The number of fused-ring (bicyclic) bond motifs is 5. The highest BCUT2D eigenvalue weighted by molar-refractivity contribution is 5.31. The lowest BCUT2D eigenvalue weighted by Gasteiger charge is -2.61. The number of nitrogens with zero attached hydrogens (tertiary/aromatic N) is 1. The Kier molecular flexibility index (Phi) is 4.18. The number of allylic oxidation sites excluding steroid dienone is 2. The molecule has 3 nitrogen and oxygen atoms in total. The third-order valence-electron chi connectivity index (χ3n) is 8.76. The van der Waals surface area contributed by atoms with Gasteiger partial charge in [-0.2, -0.15) is 0 Å². The Hall–Kier alpha value is -1.11. The Morgan fingerprint density at radius 3 is 2.65 bits per heavy atom. The zero-order valence-corrected chi connectivity index (χ0v) is 16.5. The quantitative estimate of drug-likeness (QED) is 0.528. The van der Waals surface area contributed by atoms with Crippen LogP contribution in [0, 0.1) is 41.1 Å². The van der Waals surface area contributed by atoms with Crippen molar-refractivity contribution in [3.05, 3.63) is 34.8 Å². The smallest absolute Gasteiger partial charge is 0.154 e. The predicted octanol–water partition coefficient (Wildman–Crippen LogP) is 4.72. The molecule has 0 aromatic carbocycles. The standard InChI is InChI=1S/C23H33NO2/c1-21(26)9-10-22(2)16(12-21)5-7-18-19-8-6-17(13-24-4)23(19,3)11-15(14-25)20(18)22/h12-13,15,18-20,25-26H,5-11,14H2,1-3H3/b17-13-/t15-,18+,19+,20+,21-,22+,23-/m1/s1. The van der Waals surface area contributed by atoms with Crippen LogP contribution in [0.25, 0.3) is 4.85 Å². The molecule has 4 aliphatic carbocycles. The highest BCUT2D eigenvalue weighted by Gasteiger charge is 2.60. The van der Waals surface area contributed by atoms with E-state index < -0.39 is 5.60 Å². The Bertz CT molecular complexity index is 699. The Morgan fingerprint density at radius 2 is 1.96 bits per heavy atom. The van der Waals surface area contributed by atoms with Gasteiger partial charge in [0.2, 0.25) is 0 Å². The maximum atomic E-state index is 10.6. The van der Waals surface area contributed by atoms with Gasteiger partial charge >= 0.3 is 0 Å². The van der Waals surface area contributed by atoms with Gasteiger partial charge in [0, 0.05) is 6.61 Å². The van der Waals surface area contributed by atoms with Gasteiger partial charge in [0.15, 0.2) is 6.20 Å². The van der Waals surface area contributed by atoms with Crippen molar-refractivity contribution in [1.82, 2.24) is 0 Å². The summed E-state index contributed by atoms with van der Waals surface area (Å²) in [7, 11) is 0. The van der Waals surface area contributed by atoms with Crippen molar-refractivity contribution in [2.75, 3.05) is 6.61 Å². The molecule has 0 aromatic rings. The van der Waals surface area contributed by atoms with E-state index in [1.54, 1.807) is 6.20 Å². The lowest BCUT2D eigenvalue weighted by Crippen LogP contribution is -2.55. The largest absolute Gasteiger partial charge is 0.396 e. The van der Waals surface area contributed by atoms with Crippen LogP contribution in [0.3, 0.4) is 0 Å². The van der Waals surface area contributed by atoms with Gasteiger partial charge in [0.25, 0.3) is 0 Å². The number of hydrogen-bond acceptors (Lipinski definition) is 2. The summed E-state index contributed by atoms with van der Waals surface area (Å²) in [6.07, 6.45) is 11.3. The van der Waals surface area contributed by atoms with Crippen LogP contribution in [-0.2, 0) is 0 Å². The van der Waals surface area contributed by atoms with Crippen LogP contribution in [0.15, 0.2) is 23.4 Å². The zero-order valence-electron chi connectivity index (χ0n) is 16.5. The summed E-state index contributed by atoms with van der Waals surface area (Å²) >= 11 is 0. The average Bonchev–Trinajstić information content (AvgIpc) is 2.91. The highest BCUT2D eigenvalue weighted by Crippen LogP contribution is 2.68. The Balaban J connectivity index is 1.75. The van der Waals surface area contributed by atoms with E-state index in [9.17, 15) is 10.2 Å². The fourth-order valence-electron chi connectivity index (χ4n) is 7.58. The SMILES string of the molecule is [C-]#[N+]/C=C1/CC[C@H]2[C@@H]3CCC4=C[C@](C)(O)CC[C@]4(C)[C@H]3[C@@H](CO)C[C@]12C. The first-order chi connectivity index (χ1) is 12.2. The molecule has 4 rings (SSSR count). The normalized spacial score (nSPS) is 51.8. The molecule has 26 heavy (non-hydrogen) atoms. The number of hydrogen-bond donors (Lipinski definition) is 2. The fourth-order valence-corrected chi connectivity index (χ4v) is 7.58. The van der Waals surface area contributed by atoms with Gasteiger partial charge < -0.3 is 10.2 Å². The second-order valence-electron chi connectivity index (χ2n) is 10.2. The average molecular weight is 356 g/mol. The maximum Gasteiger partial charge on any atom is 0.154 e. The van der Waals surface area contributed by atoms with E-state index in [0.717, 1.165) is 32.1 Å². The topological polar surface area (TPSA) is 44.8 Å². The monoisotopic (exact) mass is 355 g/mol. The molecule has 0 bridgehead atoms. The van der Waals surface area contributed by atoms with Crippen molar-refractivity contribution in [3.8, 4) is 0 Å². The molecule has 0 heterocycles. The van der Waals surface area contributed by atoms with Crippen LogP contribution in [0.5, 0.6) is 0 Å². The van der Waals surface area contributed by atoms with Crippen molar-refractivity contribution < 1.29 is 10.2 Å². The minimum absolute atomic E-state index is 0.0941. The second-order valence-corrected chi connectivity index (χ2v) is 10.2. The van der Waals surface area contributed by atoms with Crippen LogP contribution >= 0.6 is 0 Å². The summed E-state index contributed by atoms with van der Waals surface area (Å²) in [4.78, 5) is 3.59. The van der Waals surface area contributed by atoms with Crippen molar-refractivity contribution >= 4 is 0 Å². The van der Waals surface area contributed by atoms with E-state index in [-0.39, 0.29) is 17.4 Å². The van der Waals surface area contributed by atoms with Crippen molar-refractivity contribution in [1.29, 1.82) is 0 Å². The Labute approximate surface area is 158 Å². The molecule has 0 radical (unpaired) electrons. The molecular weight excluding hydrogens is 322 g/mol. The molecular formula is C23H33NO2. The molecule has 4 aliphatic rings. The van der Waals surface area contributed by atoms with Crippen LogP contribution in [0.2, 0.25) is 0 Å². The van der Waals surface area contributed by atoms with E-state index in [0.29, 0.717) is 23.7 Å². The second kappa shape index (κ2) is 5.94. The third kappa shape index (κ3) is 2.45. The van der Waals surface area contributed by atoms with Crippen molar-refractivity contribution in [2.24, 2.45) is 34.5 Å². The van der Waals surface area contributed by atoms with E-state index in [2.05, 4.69) is 24.8 Å². The first-order valence-corrected chi connectivity index (χ1v) is 10.4. The van der Waals surface area contributed by atoms with Crippen LogP contribution in [-0.4, -0.2) is 22.4 Å². The molecule has 3 fully saturated rings. The molecule has 0 aliphatic heterocycles. The van der Waals surface area contributed by atoms with Gasteiger partial charge in [-0.1, -0.05) is 31.1 Å². The van der Waals surface area contributed by atoms with E-state index in [1.807, 2.05) is 6.92 Å². The molecule has 3 heteroatoms. The number of aliphatic hydroxyl groups is 2. The summed E-state index contributed by atoms with van der Waals surface area (Å²) in [5.74, 6) is 2.08. The molecule has 0 aromatic heterocycles. The van der Waals surface area contributed by atoms with Crippen LogP contribution in [0.4, 0.5) is 0 Å². The van der Waals surface area contributed by atoms with Crippen molar-refractivity contribution in [3.63, 3.8) is 0 Å². The molecule has 142 valence electrons. The zero-order chi connectivity index (χ0) is 18.7. The summed E-state index contributed by atoms with van der Waals surface area (Å²) in [6, 6.07) is 0. The highest BCUT2D eigenvalue weighted by atomic mass is 16.3. The molecule has 2 N–H and O–H groups in total. The first kappa shape index (κ1) is 18.3. The summed E-state index contributed by atoms with van der Waals surface area (Å²) in [6.45, 7) is 14.2. The van der Waals surface area contributed by atoms with Crippen molar-refractivity contribution in [2.45, 2.75) is 71.3 Å². The first-order valence-electron chi connectivity index (χ1n) is 10.4. The molecule has 0 unspecified atom stereocenters. The summed E-state index contributed by atoms with van der Waals surface area (Å²) < 4.78 is 0. The molecule has 0 amide bonds. The lowest BCUT2D eigenvalue weighted by molar-refractivity contribution is -0.0908. The summed E-state index contributed by atoms with van der Waals surface area (Å²) in [5.41, 5.74) is 2.31. The number of aliphatic hydroxyl groups excluding tert-OH is 1. The van der Waals surface area contributed by atoms with Gasteiger partial charge in [-0.05, 0) is 86.4 Å². The third-order valence-corrected chi connectivity index (χ3v) is 8.76. The van der Waals surface area contributed by atoms with E-state index >= 15 is 0 Å². The van der Waals surface area contributed by atoms with Gasteiger partial charge in [-0.15, -0.1) is 0 Å². The maximum absolute atomic E-state index is 10.6. The van der Waals surface area contributed by atoms with Gasteiger partial charge in [0.05, 0.1) is 12.2 Å². The minimum Gasteiger partial charge on any atom is -0.396 e. The fraction of sp³-hybridized carbons (Fsp3) is 0.783. The van der Waals surface area contributed by atoms with E-state index in [4.69, 9.17) is 6.57 Å². The molecule has 0 spiro atoms.